The molecule has 0 saturated carbocycles. The first-order chi connectivity index (χ1) is 7.20. The molecule has 0 rings (SSSR count). The highest BCUT2D eigenvalue weighted by molar-refractivity contribution is 7.46. The molecule has 0 heterocycles. The SMILES string of the molecule is CC[C@@H](C)CCCOP(C)OCCC#N. The van der Waals surface area contributed by atoms with Gasteiger partial charge in [-0.2, -0.15) is 5.26 Å². The van der Waals surface area contributed by atoms with Crippen molar-refractivity contribution >= 4 is 8.38 Å². The van der Waals surface area contributed by atoms with Crippen LogP contribution in [0.5, 0.6) is 0 Å². The third-order valence-electron chi connectivity index (χ3n) is 2.30. The van der Waals surface area contributed by atoms with E-state index in [1.807, 2.05) is 12.7 Å². The van der Waals surface area contributed by atoms with E-state index < -0.39 is 8.38 Å². The lowest BCUT2D eigenvalue weighted by Gasteiger charge is -2.13. The molecule has 0 aromatic carbocycles. The molecule has 88 valence electrons. The van der Waals surface area contributed by atoms with Crippen molar-refractivity contribution in [2.24, 2.45) is 5.92 Å². The van der Waals surface area contributed by atoms with Crippen LogP contribution in [0.2, 0.25) is 0 Å². The predicted octanol–water partition coefficient (Wildman–Crippen LogP) is 3.70. The van der Waals surface area contributed by atoms with E-state index in [0.717, 1.165) is 18.9 Å². The summed E-state index contributed by atoms with van der Waals surface area (Å²) in [5, 5.41) is 8.32. The van der Waals surface area contributed by atoms with E-state index in [2.05, 4.69) is 13.8 Å². The van der Waals surface area contributed by atoms with Gasteiger partial charge in [0.25, 0.3) is 0 Å². The smallest absolute Gasteiger partial charge is 0.167 e. The molecular formula is C11H22NO2P. The number of nitrogens with zero attached hydrogens (tertiary/aromatic N) is 1. The number of hydrogen-bond acceptors (Lipinski definition) is 3. The molecule has 0 aromatic rings. The summed E-state index contributed by atoms with van der Waals surface area (Å²) in [6, 6.07) is 2.04. The Labute approximate surface area is 94.7 Å². The Kier molecular flexibility index (Phi) is 10.3. The monoisotopic (exact) mass is 231 g/mol. The van der Waals surface area contributed by atoms with Crippen molar-refractivity contribution in [3.63, 3.8) is 0 Å². The van der Waals surface area contributed by atoms with Crippen molar-refractivity contribution in [3.05, 3.63) is 0 Å². The number of rotatable bonds is 9. The Balaban J connectivity index is 3.24. The zero-order valence-electron chi connectivity index (χ0n) is 10.0. The van der Waals surface area contributed by atoms with E-state index in [9.17, 15) is 0 Å². The standard InChI is InChI=1S/C11H22NO2P/c1-4-11(2)7-5-9-13-15(3)14-10-6-8-12/h11H,4-7,9-10H2,1-3H3/t11-,15?/m1/s1. The van der Waals surface area contributed by atoms with Gasteiger partial charge in [0.05, 0.1) is 25.7 Å². The average molecular weight is 231 g/mol. The molecule has 0 spiro atoms. The summed E-state index contributed by atoms with van der Waals surface area (Å²) in [7, 11) is -0.778. The molecule has 0 amide bonds. The van der Waals surface area contributed by atoms with Crippen LogP contribution in [0.4, 0.5) is 0 Å². The summed E-state index contributed by atoms with van der Waals surface area (Å²) in [6.45, 7) is 7.68. The molecule has 15 heavy (non-hydrogen) atoms. The second-order valence-electron chi connectivity index (χ2n) is 3.67. The van der Waals surface area contributed by atoms with Crippen LogP contribution in [0.15, 0.2) is 0 Å². The minimum atomic E-state index is -0.778. The molecule has 0 aliphatic rings. The normalized spacial score (nSPS) is 14.5. The summed E-state index contributed by atoms with van der Waals surface area (Å²) < 4.78 is 10.9. The molecular weight excluding hydrogens is 209 g/mol. The Hall–Kier alpha value is -0.160. The number of nitriles is 1. The zero-order chi connectivity index (χ0) is 11.5. The van der Waals surface area contributed by atoms with Crippen molar-refractivity contribution in [2.45, 2.75) is 39.5 Å². The fourth-order valence-electron chi connectivity index (χ4n) is 1.09. The van der Waals surface area contributed by atoms with E-state index in [-0.39, 0.29) is 0 Å². The molecule has 1 unspecified atom stereocenters. The van der Waals surface area contributed by atoms with Gasteiger partial charge in [0.15, 0.2) is 8.38 Å². The summed E-state index contributed by atoms with van der Waals surface area (Å²) in [5.41, 5.74) is 0. The predicted molar refractivity (Wildman–Crippen MR) is 63.7 cm³/mol. The van der Waals surface area contributed by atoms with Crippen molar-refractivity contribution < 1.29 is 9.05 Å². The fourth-order valence-corrected chi connectivity index (χ4v) is 1.90. The minimum absolute atomic E-state index is 0.447. The van der Waals surface area contributed by atoms with Crippen LogP contribution in [0, 0.1) is 17.2 Å². The molecule has 0 aliphatic carbocycles. The summed E-state index contributed by atoms with van der Waals surface area (Å²) in [6.07, 6.45) is 4.00. The fraction of sp³-hybridized carbons (Fsp3) is 0.909. The maximum atomic E-state index is 8.32. The van der Waals surface area contributed by atoms with Gasteiger partial charge in [-0.25, -0.2) is 0 Å². The van der Waals surface area contributed by atoms with E-state index in [4.69, 9.17) is 14.3 Å². The topological polar surface area (TPSA) is 42.2 Å². The third-order valence-corrected chi connectivity index (χ3v) is 3.39. The van der Waals surface area contributed by atoms with Gasteiger partial charge in [-0.05, 0) is 18.8 Å². The van der Waals surface area contributed by atoms with Gasteiger partial charge in [0.2, 0.25) is 0 Å². The second kappa shape index (κ2) is 10.4. The van der Waals surface area contributed by atoms with Crippen molar-refractivity contribution in [1.82, 2.24) is 0 Å². The molecule has 0 radical (unpaired) electrons. The van der Waals surface area contributed by atoms with Gasteiger partial charge in [-0.1, -0.05) is 20.3 Å². The Morgan fingerprint density at radius 2 is 2.00 bits per heavy atom. The number of hydrogen-bond donors (Lipinski definition) is 0. The molecule has 3 nitrogen and oxygen atoms in total. The van der Waals surface area contributed by atoms with Crippen molar-refractivity contribution in [2.75, 3.05) is 19.9 Å². The van der Waals surface area contributed by atoms with Crippen LogP contribution in [-0.2, 0) is 9.05 Å². The molecule has 4 heteroatoms. The first kappa shape index (κ1) is 14.8. The molecule has 0 saturated heterocycles. The van der Waals surface area contributed by atoms with E-state index >= 15 is 0 Å². The van der Waals surface area contributed by atoms with Gasteiger partial charge in [0.1, 0.15) is 0 Å². The zero-order valence-corrected chi connectivity index (χ0v) is 10.9. The van der Waals surface area contributed by atoms with Crippen LogP contribution in [0.1, 0.15) is 39.5 Å². The first-order valence-corrected chi connectivity index (χ1v) is 7.19. The summed E-state index contributed by atoms with van der Waals surface area (Å²) in [5.74, 6) is 0.788. The van der Waals surface area contributed by atoms with Gasteiger partial charge in [-0.3, -0.25) is 0 Å². The third kappa shape index (κ3) is 10.1. The van der Waals surface area contributed by atoms with Gasteiger partial charge < -0.3 is 9.05 Å². The Bertz CT molecular complexity index is 182. The highest BCUT2D eigenvalue weighted by Crippen LogP contribution is 2.33. The van der Waals surface area contributed by atoms with Crippen LogP contribution >= 0.6 is 8.38 Å². The van der Waals surface area contributed by atoms with Crippen LogP contribution in [-0.4, -0.2) is 19.9 Å². The van der Waals surface area contributed by atoms with E-state index in [1.165, 1.54) is 12.8 Å². The van der Waals surface area contributed by atoms with Crippen LogP contribution in [0.3, 0.4) is 0 Å². The molecule has 2 atom stereocenters. The second-order valence-corrected chi connectivity index (χ2v) is 5.07. The minimum Gasteiger partial charge on any atom is -0.334 e. The van der Waals surface area contributed by atoms with E-state index in [1.54, 1.807) is 0 Å². The van der Waals surface area contributed by atoms with Crippen molar-refractivity contribution in [3.8, 4) is 6.07 Å². The maximum Gasteiger partial charge on any atom is 0.167 e. The Morgan fingerprint density at radius 1 is 1.33 bits per heavy atom. The van der Waals surface area contributed by atoms with E-state index in [0.29, 0.717) is 13.0 Å². The van der Waals surface area contributed by atoms with Gasteiger partial charge >= 0.3 is 0 Å². The Morgan fingerprint density at radius 3 is 2.60 bits per heavy atom. The molecule has 0 fully saturated rings. The molecule has 0 aliphatic heterocycles. The lowest BCUT2D eigenvalue weighted by atomic mass is 10.0. The summed E-state index contributed by atoms with van der Waals surface area (Å²) in [4.78, 5) is 0. The maximum absolute atomic E-state index is 8.32. The lowest BCUT2D eigenvalue weighted by Crippen LogP contribution is -1.97. The molecule has 0 bridgehead atoms. The lowest BCUT2D eigenvalue weighted by molar-refractivity contribution is 0.247. The first-order valence-electron chi connectivity index (χ1n) is 5.57. The van der Waals surface area contributed by atoms with Crippen molar-refractivity contribution in [1.29, 1.82) is 5.26 Å². The van der Waals surface area contributed by atoms with Gasteiger partial charge in [0, 0.05) is 6.66 Å². The largest absolute Gasteiger partial charge is 0.334 e. The average Bonchev–Trinajstić information content (AvgIpc) is 2.24. The summed E-state index contributed by atoms with van der Waals surface area (Å²) >= 11 is 0. The highest BCUT2D eigenvalue weighted by Gasteiger charge is 2.03. The molecule has 0 aromatic heterocycles. The molecule has 0 N–H and O–H groups in total. The quantitative estimate of drug-likeness (QED) is 0.449. The van der Waals surface area contributed by atoms with Crippen LogP contribution in [0.25, 0.3) is 0 Å². The highest BCUT2D eigenvalue weighted by atomic mass is 31.2. The van der Waals surface area contributed by atoms with Crippen LogP contribution < -0.4 is 0 Å². The van der Waals surface area contributed by atoms with Gasteiger partial charge in [-0.15, -0.1) is 0 Å².